The Bertz CT molecular complexity index is 1690. The van der Waals surface area contributed by atoms with Gasteiger partial charge in [0.2, 0.25) is 11.8 Å². The molecule has 0 saturated carbocycles. The van der Waals surface area contributed by atoms with Crippen LogP contribution in [0.5, 0.6) is 0 Å². The average Bonchev–Trinajstić information content (AvgIpc) is 3.03. The molecule has 0 bridgehead atoms. The van der Waals surface area contributed by atoms with Gasteiger partial charge in [0.15, 0.2) is 0 Å². The summed E-state index contributed by atoms with van der Waals surface area (Å²) >= 11 is 0. The van der Waals surface area contributed by atoms with Crippen LogP contribution in [0.25, 0.3) is 0 Å². The molecule has 4 aromatic rings. The molecule has 4 rings (SSSR count). The maximum atomic E-state index is 14.6. The van der Waals surface area contributed by atoms with E-state index in [9.17, 15) is 18.0 Å². The van der Waals surface area contributed by atoms with Crippen LogP contribution < -0.4 is 9.62 Å². The topological polar surface area (TPSA) is 86.8 Å². The van der Waals surface area contributed by atoms with Crippen LogP contribution in [0.4, 0.5) is 5.69 Å². The molecule has 0 aliphatic heterocycles. The van der Waals surface area contributed by atoms with Crippen LogP contribution in [0.1, 0.15) is 47.6 Å². The molecule has 45 heavy (non-hydrogen) atoms. The van der Waals surface area contributed by atoms with Crippen molar-refractivity contribution in [3.05, 3.63) is 131 Å². The van der Waals surface area contributed by atoms with E-state index in [4.69, 9.17) is 0 Å². The van der Waals surface area contributed by atoms with Gasteiger partial charge >= 0.3 is 0 Å². The molecule has 1 unspecified atom stereocenters. The van der Waals surface area contributed by atoms with Crippen LogP contribution in [0, 0.1) is 20.8 Å². The lowest BCUT2D eigenvalue weighted by molar-refractivity contribution is -0.140. The van der Waals surface area contributed by atoms with Gasteiger partial charge in [0.25, 0.3) is 10.0 Å². The molecular weight excluding hydrogens is 582 g/mol. The van der Waals surface area contributed by atoms with E-state index in [1.54, 1.807) is 30.3 Å². The van der Waals surface area contributed by atoms with E-state index < -0.39 is 28.5 Å². The summed E-state index contributed by atoms with van der Waals surface area (Å²) in [6.07, 6.45) is 2.01. The molecular formula is C37H43N3O4S. The summed E-state index contributed by atoms with van der Waals surface area (Å²) in [5, 5.41) is 3.03. The van der Waals surface area contributed by atoms with E-state index >= 15 is 0 Å². The fourth-order valence-corrected chi connectivity index (χ4v) is 6.62. The lowest BCUT2D eigenvalue weighted by atomic mass is 10.0. The second-order valence-electron chi connectivity index (χ2n) is 11.5. The molecule has 0 aliphatic carbocycles. The van der Waals surface area contributed by atoms with Crippen molar-refractivity contribution in [3.8, 4) is 0 Å². The van der Waals surface area contributed by atoms with Crippen LogP contribution >= 0.6 is 0 Å². The molecule has 0 heterocycles. The van der Waals surface area contributed by atoms with Gasteiger partial charge in [0.05, 0.1) is 10.6 Å². The van der Waals surface area contributed by atoms with Crippen LogP contribution in [0.2, 0.25) is 0 Å². The Labute approximate surface area is 268 Å². The lowest BCUT2D eigenvalue weighted by Crippen LogP contribution is -2.53. The number of unbranched alkanes of at least 4 members (excludes halogenated alkanes) is 1. The Morgan fingerprint density at radius 1 is 0.778 bits per heavy atom. The summed E-state index contributed by atoms with van der Waals surface area (Å²) in [7, 11) is -4.13. The summed E-state index contributed by atoms with van der Waals surface area (Å²) in [6.45, 7) is 8.05. The molecule has 0 spiro atoms. The molecule has 236 valence electrons. The molecule has 0 aromatic heterocycles. The van der Waals surface area contributed by atoms with Gasteiger partial charge < -0.3 is 10.2 Å². The summed E-state index contributed by atoms with van der Waals surface area (Å²) in [4.78, 5) is 30.0. The van der Waals surface area contributed by atoms with Gasteiger partial charge in [-0.1, -0.05) is 97.8 Å². The zero-order chi connectivity index (χ0) is 32.4. The Kier molecular flexibility index (Phi) is 11.5. The standard InChI is InChI=1S/C37H43N3O4S/c1-5-6-22-38-37(42)35(25-31-15-9-7-10-16-31)39(26-32-17-13-14-28(2)23-32)36(41)27-40(33-21-20-29(3)30(4)24-33)45(43,44)34-18-11-8-12-19-34/h7-21,23-24,35H,5-6,22,25-27H2,1-4H3,(H,38,42). The molecule has 0 saturated heterocycles. The van der Waals surface area contributed by atoms with Crippen molar-refractivity contribution in [2.24, 2.45) is 0 Å². The highest BCUT2D eigenvalue weighted by Crippen LogP contribution is 2.27. The van der Waals surface area contributed by atoms with Crippen LogP contribution in [0.3, 0.4) is 0 Å². The van der Waals surface area contributed by atoms with Crippen molar-refractivity contribution in [1.29, 1.82) is 0 Å². The number of sulfonamides is 1. The maximum Gasteiger partial charge on any atom is 0.264 e. The monoisotopic (exact) mass is 625 g/mol. The molecule has 0 fully saturated rings. The number of amides is 2. The fraction of sp³-hybridized carbons (Fsp3) is 0.297. The van der Waals surface area contributed by atoms with E-state index in [1.807, 2.05) is 81.4 Å². The Morgan fingerprint density at radius 3 is 2.09 bits per heavy atom. The number of benzene rings is 4. The van der Waals surface area contributed by atoms with Gasteiger partial charge in [-0.3, -0.25) is 13.9 Å². The summed E-state index contributed by atoms with van der Waals surface area (Å²) in [5.41, 5.74) is 5.08. The smallest absolute Gasteiger partial charge is 0.264 e. The number of nitrogens with one attached hydrogen (secondary N) is 1. The number of rotatable bonds is 14. The first-order chi connectivity index (χ1) is 21.6. The van der Waals surface area contributed by atoms with Crippen LogP contribution in [-0.2, 0) is 32.6 Å². The van der Waals surface area contributed by atoms with Gasteiger partial charge in [0.1, 0.15) is 12.6 Å². The number of aryl methyl sites for hydroxylation is 3. The van der Waals surface area contributed by atoms with E-state index in [-0.39, 0.29) is 23.8 Å². The number of anilines is 1. The first-order valence-electron chi connectivity index (χ1n) is 15.4. The molecule has 0 radical (unpaired) electrons. The van der Waals surface area contributed by atoms with Crippen molar-refractivity contribution >= 4 is 27.5 Å². The molecule has 2 amide bonds. The summed E-state index contributed by atoms with van der Waals surface area (Å²) in [5.74, 6) is -0.738. The minimum absolute atomic E-state index is 0.0828. The zero-order valence-corrected chi connectivity index (χ0v) is 27.4. The normalized spacial score (nSPS) is 11.9. The van der Waals surface area contributed by atoms with E-state index in [1.165, 1.54) is 17.0 Å². The fourth-order valence-electron chi connectivity index (χ4n) is 5.20. The minimum atomic E-state index is -4.13. The zero-order valence-electron chi connectivity index (χ0n) is 26.6. The van der Waals surface area contributed by atoms with E-state index in [0.29, 0.717) is 12.2 Å². The van der Waals surface area contributed by atoms with Crippen LogP contribution in [-0.4, -0.2) is 44.3 Å². The van der Waals surface area contributed by atoms with Gasteiger partial charge in [-0.05, 0) is 73.7 Å². The quantitative estimate of drug-likeness (QED) is 0.165. The van der Waals surface area contributed by atoms with Gasteiger partial charge in [-0.2, -0.15) is 0 Å². The SMILES string of the molecule is CCCCNC(=O)C(Cc1ccccc1)N(Cc1cccc(C)c1)C(=O)CN(c1ccc(C)c(C)c1)S(=O)(=O)c1ccccc1. The Hall–Kier alpha value is -4.43. The van der Waals surface area contributed by atoms with E-state index in [0.717, 1.165) is 45.0 Å². The van der Waals surface area contributed by atoms with E-state index in [2.05, 4.69) is 12.2 Å². The Morgan fingerprint density at radius 2 is 1.44 bits per heavy atom. The van der Waals surface area contributed by atoms with Crippen LogP contribution in [0.15, 0.2) is 108 Å². The van der Waals surface area contributed by atoms with Crippen molar-refractivity contribution < 1.29 is 18.0 Å². The molecule has 1 N–H and O–H groups in total. The lowest BCUT2D eigenvalue weighted by Gasteiger charge is -2.34. The molecule has 4 aromatic carbocycles. The highest BCUT2D eigenvalue weighted by atomic mass is 32.2. The van der Waals surface area contributed by atoms with Crippen molar-refractivity contribution in [2.75, 3.05) is 17.4 Å². The van der Waals surface area contributed by atoms with Crippen molar-refractivity contribution in [1.82, 2.24) is 10.2 Å². The first-order valence-corrected chi connectivity index (χ1v) is 16.9. The molecule has 0 aliphatic rings. The largest absolute Gasteiger partial charge is 0.354 e. The third kappa shape index (κ3) is 8.82. The maximum absolute atomic E-state index is 14.6. The van der Waals surface area contributed by atoms with Gasteiger partial charge in [-0.15, -0.1) is 0 Å². The second kappa shape index (κ2) is 15.5. The number of hydrogen-bond acceptors (Lipinski definition) is 4. The van der Waals surface area contributed by atoms with Crippen molar-refractivity contribution in [3.63, 3.8) is 0 Å². The number of carbonyl (C=O) groups excluding carboxylic acids is 2. The second-order valence-corrected chi connectivity index (χ2v) is 13.3. The molecule has 8 heteroatoms. The molecule has 7 nitrogen and oxygen atoms in total. The average molecular weight is 626 g/mol. The Balaban J connectivity index is 1.80. The highest BCUT2D eigenvalue weighted by molar-refractivity contribution is 7.92. The van der Waals surface area contributed by atoms with Gasteiger partial charge in [0, 0.05) is 19.5 Å². The minimum Gasteiger partial charge on any atom is -0.354 e. The predicted octanol–water partition coefficient (Wildman–Crippen LogP) is 6.36. The van der Waals surface area contributed by atoms with Gasteiger partial charge in [-0.25, -0.2) is 8.42 Å². The number of carbonyl (C=O) groups is 2. The highest BCUT2D eigenvalue weighted by Gasteiger charge is 2.34. The molecule has 1 atom stereocenters. The first kappa shape index (κ1) is 33.5. The van der Waals surface area contributed by atoms with Crippen molar-refractivity contribution in [2.45, 2.75) is 64.4 Å². The third-order valence-corrected chi connectivity index (χ3v) is 9.71. The number of hydrogen-bond donors (Lipinski definition) is 1. The summed E-state index contributed by atoms with van der Waals surface area (Å²) in [6, 6.07) is 30.0. The summed E-state index contributed by atoms with van der Waals surface area (Å²) < 4.78 is 29.4. The third-order valence-electron chi connectivity index (χ3n) is 7.92. The number of nitrogens with zero attached hydrogens (tertiary/aromatic N) is 2. The predicted molar refractivity (Wildman–Crippen MR) is 180 cm³/mol.